The molecule has 0 fully saturated rings. The molecule has 0 heterocycles. The van der Waals surface area contributed by atoms with Crippen molar-refractivity contribution in [2.45, 2.75) is 11.8 Å². The fourth-order valence-corrected chi connectivity index (χ4v) is 4.38. The SMILES string of the molecule is Cc1ccc(S(=O)(=O)Nc2ccc(Cl)cc2Cl)c(Br)c1. The number of nitrogens with one attached hydrogen (secondary N) is 1. The molecular weight excluding hydrogens is 385 g/mol. The van der Waals surface area contributed by atoms with Crippen LogP contribution < -0.4 is 4.72 Å². The van der Waals surface area contributed by atoms with Gasteiger partial charge in [-0.2, -0.15) is 0 Å². The van der Waals surface area contributed by atoms with Crippen molar-refractivity contribution in [2.75, 3.05) is 4.72 Å². The maximum Gasteiger partial charge on any atom is 0.263 e. The predicted molar refractivity (Wildman–Crippen MR) is 86.1 cm³/mol. The van der Waals surface area contributed by atoms with Crippen LogP contribution in [0.2, 0.25) is 10.0 Å². The van der Waals surface area contributed by atoms with E-state index in [4.69, 9.17) is 23.2 Å². The topological polar surface area (TPSA) is 46.2 Å². The van der Waals surface area contributed by atoms with Crippen LogP contribution in [-0.2, 0) is 10.0 Å². The first-order chi connectivity index (χ1) is 9.29. The maximum absolute atomic E-state index is 12.3. The molecule has 0 aliphatic heterocycles. The molecule has 20 heavy (non-hydrogen) atoms. The first-order valence-corrected chi connectivity index (χ1v) is 8.57. The van der Waals surface area contributed by atoms with Crippen molar-refractivity contribution in [1.29, 1.82) is 0 Å². The van der Waals surface area contributed by atoms with Crippen LogP contribution in [0.25, 0.3) is 0 Å². The van der Waals surface area contributed by atoms with Crippen molar-refractivity contribution < 1.29 is 8.42 Å². The fourth-order valence-electron chi connectivity index (χ4n) is 1.60. The number of sulfonamides is 1. The van der Waals surface area contributed by atoms with E-state index in [0.717, 1.165) is 5.56 Å². The highest BCUT2D eigenvalue weighted by molar-refractivity contribution is 9.10. The van der Waals surface area contributed by atoms with Gasteiger partial charge in [-0.25, -0.2) is 8.42 Å². The lowest BCUT2D eigenvalue weighted by Crippen LogP contribution is -2.14. The number of benzene rings is 2. The lowest BCUT2D eigenvalue weighted by molar-refractivity contribution is 0.600. The first-order valence-electron chi connectivity index (χ1n) is 5.53. The summed E-state index contributed by atoms with van der Waals surface area (Å²) in [4.78, 5) is 0.147. The number of anilines is 1. The maximum atomic E-state index is 12.3. The second kappa shape index (κ2) is 5.93. The summed E-state index contributed by atoms with van der Waals surface area (Å²) in [5.41, 5.74) is 1.24. The van der Waals surface area contributed by atoms with Crippen LogP contribution in [0.4, 0.5) is 5.69 Å². The third kappa shape index (κ3) is 3.47. The van der Waals surface area contributed by atoms with Crippen LogP contribution in [0.3, 0.4) is 0 Å². The third-order valence-electron chi connectivity index (χ3n) is 2.55. The highest BCUT2D eigenvalue weighted by atomic mass is 79.9. The van der Waals surface area contributed by atoms with Gasteiger partial charge in [-0.3, -0.25) is 4.72 Å². The fraction of sp³-hybridized carbons (Fsp3) is 0.0769. The largest absolute Gasteiger partial charge is 0.278 e. The van der Waals surface area contributed by atoms with Crippen LogP contribution in [-0.4, -0.2) is 8.42 Å². The zero-order valence-electron chi connectivity index (χ0n) is 10.3. The standard InChI is InChI=1S/C13H10BrCl2NO2S/c1-8-2-5-13(10(14)6-8)20(18,19)17-12-4-3-9(15)7-11(12)16/h2-7,17H,1H3. The molecular formula is C13H10BrCl2NO2S. The Labute approximate surface area is 136 Å². The molecule has 1 N–H and O–H groups in total. The molecule has 7 heteroatoms. The number of hydrogen-bond donors (Lipinski definition) is 1. The monoisotopic (exact) mass is 393 g/mol. The minimum Gasteiger partial charge on any atom is -0.278 e. The van der Waals surface area contributed by atoms with Crippen molar-refractivity contribution in [3.63, 3.8) is 0 Å². The molecule has 0 aromatic heterocycles. The molecule has 106 valence electrons. The summed E-state index contributed by atoms with van der Waals surface area (Å²) in [6.07, 6.45) is 0. The van der Waals surface area contributed by atoms with Crippen molar-refractivity contribution in [3.8, 4) is 0 Å². The lowest BCUT2D eigenvalue weighted by atomic mass is 10.2. The van der Waals surface area contributed by atoms with E-state index in [1.54, 1.807) is 18.2 Å². The van der Waals surface area contributed by atoms with Crippen molar-refractivity contribution in [1.82, 2.24) is 0 Å². The van der Waals surface area contributed by atoms with Crippen LogP contribution in [0.15, 0.2) is 45.8 Å². The summed E-state index contributed by atoms with van der Waals surface area (Å²) < 4.78 is 27.6. The van der Waals surface area contributed by atoms with Gasteiger partial charge in [0.25, 0.3) is 10.0 Å². The molecule has 0 spiro atoms. The van der Waals surface area contributed by atoms with E-state index >= 15 is 0 Å². The van der Waals surface area contributed by atoms with E-state index in [1.807, 2.05) is 6.92 Å². The van der Waals surface area contributed by atoms with Crippen LogP contribution >= 0.6 is 39.1 Å². The second-order valence-corrected chi connectivity index (χ2v) is 7.51. The number of aryl methyl sites for hydroxylation is 1. The van der Waals surface area contributed by atoms with Gasteiger partial charge in [0, 0.05) is 9.50 Å². The first kappa shape index (κ1) is 15.6. The molecule has 0 bridgehead atoms. The number of rotatable bonds is 3. The van der Waals surface area contributed by atoms with Gasteiger partial charge < -0.3 is 0 Å². The summed E-state index contributed by atoms with van der Waals surface area (Å²) in [5, 5.41) is 0.679. The van der Waals surface area contributed by atoms with E-state index in [-0.39, 0.29) is 15.6 Å². The Morgan fingerprint density at radius 3 is 2.40 bits per heavy atom. The van der Waals surface area contributed by atoms with Crippen LogP contribution in [0, 0.1) is 6.92 Å². The van der Waals surface area contributed by atoms with Crippen molar-refractivity contribution >= 4 is 54.8 Å². The molecule has 2 aromatic rings. The molecule has 0 saturated carbocycles. The zero-order valence-corrected chi connectivity index (χ0v) is 14.2. The van der Waals surface area contributed by atoms with E-state index in [0.29, 0.717) is 9.50 Å². The Hall–Kier alpha value is -0.750. The lowest BCUT2D eigenvalue weighted by Gasteiger charge is -2.11. The van der Waals surface area contributed by atoms with Gasteiger partial charge in [0.1, 0.15) is 4.90 Å². The summed E-state index contributed by atoms with van der Waals surface area (Å²) in [6.45, 7) is 1.88. The Balaban J connectivity index is 2.41. The van der Waals surface area contributed by atoms with E-state index in [9.17, 15) is 8.42 Å². The molecule has 0 aliphatic carbocycles. The van der Waals surface area contributed by atoms with E-state index < -0.39 is 10.0 Å². The summed E-state index contributed by atoms with van der Waals surface area (Å²) in [7, 11) is -3.72. The van der Waals surface area contributed by atoms with Crippen LogP contribution in [0.1, 0.15) is 5.56 Å². The quantitative estimate of drug-likeness (QED) is 0.807. The summed E-state index contributed by atoms with van der Waals surface area (Å²) in [6, 6.07) is 9.55. The number of hydrogen-bond acceptors (Lipinski definition) is 2. The number of halogens is 3. The van der Waals surface area contributed by atoms with Gasteiger partial charge in [0.05, 0.1) is 10.7 Å². The highest BCUT2D eigenvalue weighted by Gasteiger charge is 2.18. The van der Waals surface area contributed by atoms with Gasteiger partial charge in [-0.05, 0) is 58.7 Å². The molecule has 0 atom stereocenters. The Bertz CT molecular complexity index is 763. The van der Waals surface area contributed by atoms with Crippen LogP contribution in [0.5, 0.6) is 0 Å². The third-order valence-corrected chi connectivity index (χ3v) is 5.44. The minimum absolute atomic E-state index is 0.147. The summed E-state index contributed by atoms with van der Waals surface area (Å²) in [5.74, 6) is 0. The van der Waals surface area contributed by atoms with Gasteiger partial charge >= 0.3 is 0 Å². The van der Waals surface area contributed by atoms with Crippen molar-refractivity contribution in [2.24, 2.45) is 0 Å². The minimum atomic E-state index is -3.72. The van der Waals surface area contributed by atoms with Gasteiger partial charge in [-0.15, -0.1) is 0 Å². The predicted octanol–water partition coefficient (Wildman–Crippen LogP) is 4.87. The van der Waals surface area contributed by atoms with E-state index in [2.05, 4.69) is 20.7 Å². The Kier molecular flexibility index (Phi) is 4.64. The molecule has 0 amide bonds. The summed E-state index contributed by atoms with van der Waals surface area (Å²) >= 11 is 15.0. The molecule has 3 nitrogen and oxygen atoms in total. The molecule has 2 rings (SSSR count). The smallest absolute Gasteiger partial charge is 0.263 e. The molecule has 0 radical (unpaired) electrons. The Morgan fingerprint density at radius 1 is 1.10 bits per heavy atom. The average Bonchev–Trinajstić information content (AvgIpc) is 2.32. The molecule has 2 aromatic carbocycles. The zero-order chi connectivity index (χ0) is 14.9. The van der Waals surface area contributed by atoms with E-state index in [1.165, 1.54) is 18.2 Å². The van der Waals surface area contributed by atoms with Gasteiger partial charge in [-0.1, -0.05) is 29.3 Å². The molecule has 0 saturated heterocycles. The molecule has 0 aliphatic rings. The Morgan fingerprint density at radius 2 is 1.80 bits per heavy atom. The highest BCUT2D eigenvalue weighted by Crippen LogP contribution is 2.29. The van der Waals surface area contributed by atoms with Gasteiger partial charge in [0.15, 0.2) is 0 Å². The second-order valence-electron chi connectivity index (χ2n) is 4.16. The average molecular weight is 395 g/mol. The normalized spacial score (nSPS) is 11.4. The molecule has 0 unspecified atom stereocenters. The van der Waals surface area contributed by atoms with Gasteiger partial charge in [0.2, 0.25) is 0 Å². The van der Waals surface area contributed by atoms with Crippen molar-refractivity contribution in [3.05, 3.63) is 56.5 Å².